The number of rotatable bonds is 1. The Labute approximate surface area is 120 Å². The molecule has 1 atom stereocenters. The zero-order chi connectivity index (χ0) is 14.1. The van der Waals surface area contributed by atoms with Gasteiger partial charge in [0, 0.05) is 39.1 Å². The summed E-state index contributed by atoms with van der Waals surface area (Å²) in [4.78, 5) is 15.8. The van der Waals surface area contributed by atoms with Gasteiger partial charge < -0.3 is 10.0 Å². The van der Waals surface area contributed by atoms with Gasteiger partial charge in [0.05, 0.1) is 0 Å². The Balaban J connectivity index is 1.77. The number of phenolic OH excluding ortho intramolecular Hbond substituents is 1. The minimum Gasteiger partial charge on any atom is -0.508 e. The lowest BCUT2D eigenvalue weighted by molar-refractivity contribution is -0.130. The first-order chi connectivity index (χ1) is 9.66. The first kappa shape index (κ1) is 13.4. The monoisotopic (exact) mass is 274 g/mol. The van der Waals surface area contributed by atoms with Crippen molar-refractivity contribution in [3.8, 4) is 5.75 Å². The highest BCUT2D eigenvalue weighted by Gasteiger charge is 2.30. The molecule has 1 unspecified atom stereocenters. The molecular formula is C16H22N2O2. The number of amides is 1. The van der Waals surface area contributed by atoms with Crippen LogP contribution in [0.2, 0.25) is 0 Å². The fourth-order valence-electron chi connectivity index (χ4n) is 3.53. The highest BCUT2D eigenvalue weighted by Crippen LogP contribution is 2.38. The number of nitrogens with zero attached hydrogens (tertiary/aromatic N) is 2. The van der Waals surface area contributed by atoms with Crippen molar-refractivity contribution >= 4 is 5.91 Å². The average molecular weight is 274 g/mol. The molecule has 0 bridgehead atoms. The zero-order valence-electron chi connectivity index (χ0n) is 12.0. The molecule has 108 valence electrons. The molecular weight excluding hydrogens is 252 g/mol. The first-order valence-electron chi connectivity index (χ1n) is 7.47. The third-order valence-electron chi connectivity index (χ3n) is 4.65. The number of hydrogen-bond acceptors (Lipinski definition) is 3. The van der Waals surface area contributed by atoms with Crippen LogP contribution in [0.1, 0.15) is 36.9 Å². The molecule has 4 nitrogen and oxygen atoms in total. The SMILES string of the molecule is CC(=O)N1CCN(C2CCCc3c(O)cccc32)CC1. The molecule has 0 radical (unpaired) electrons. The number of benzene rings is 1. The second-order valence-electron chi connectivity index (χ2n) is 5.79. The second-order valence-corrected chi connectivity index (χ2v) is 5.79. The smallest absolute Gasteiger partial charge is 0.219 e. The van der Waals surface area contributed by atoms with Crippen LogP contribution in [-0.2, 0) is 11.2 Å². The summed E-state index contributed by atoms with van der Waals surface area (Å²) in [7, 11) is 0. The number of aromatic hydroxyl groups is 1. The van der Waals surface area contributed by atoms with Crippen molar-refractivity contribution in [1.82, 2.24) is 9.80 Å². The number of piperazine rings is 1. The van der Waals surface area contributed by atoms with Crippen LogP contribution in [0.25, 0.3) is 0 Å². The predicted octanol–water partition coefficient (Wildman–Crippen LogP) is 1.93. The van der Waals surface area contributed by atoms with Crippen LogP contribution < -0.4 is 0 Å². The Kier molecular flexibility index (Phi) is 3.66. The normalized spacial score (nSPS) is 23.4. The van der Waals surface area contributed by atoms with Crippen LogP contribution in [-0.4, -0.2) is 47.0 Å². The fraction of sp³-hybridized carbons (Fsp3) is 0.562. The van der Waals surface area contributed by atoms with Crippen molar-refractivity contribution in [1.29, 1.82) is 0 Å². The minimum atomic E-state index is 0.173. The van der Waals surface area contributed by atoms with E-state index in [1.807, 2.05) is 11.0 Å². The van der Waals surface area contributed by atoms with E-state index in [1.54, 1.807) is 13.0 Å². The van der Waals surface area contributed by atoms with Gasteiger partial charge in [-0.3, -0.25) is 9.69 Å². The minimum absolute atomic E-state index is 0.173. The van der Waals surface area contributed by atoms with Gasteiger partial charge in [0.2, 0.25) is 5.91 Å². The molecule has 1 amide bonds. The average Bonchev–Trinajstić information content (AvgIpc) is 2.47. The van der Waals surface area contributed by atoms with Gasteiger partial charge in [-0.05, 0) is 36.5 Å². The standard InChI is InChI=1S/C16H22N2O2/c1-12(19)17-8-10-18(11-9-17)15-6-2-5-14-13(15)4-3-7-16(14)20/h3-4,7,15,20H,2,5-6,8-11H2,1H3. The summed E-state index contributed by atoms with van der Waals surface area (Å²) >= 11 is 0. The lowest BCUT2D eigenvalue weighted by Gasteiger charge is -2.41. The van der Waals surface area contributed by atoms with Gasteiger partial charge in [-0.15, -0.1) is 0 Å². The van der Waals surface area contributed by atoms with Crippen molar-refractivity contribution in [2.75, 3.05) is 26.2 Å². The van der Waals surface area contributed by atoms with E-state index in [2.05, 4.69) is 11.0 Å². The summed E-state index contributed by atoms with van der Waals surface area (Å²) in [6.45, 7) is 5.14. The van der Waals surface area contributed by atoms with Crippen molar-refractivity contribution in [2.45, 2.75) is 32.2 Å². The zero-order valence-corrected chi connectivity index (χ0v) is 12.0. The lowest BCUT2D eigenvalue weighted by atomic mass is 9.86. The van der Waals surface area contributed by atoms with E-state index in [9.17, 15) is 9.90 Å². The van der Waals surface area contributed by atoms with Crippen LogP contribution >= 0.6 is 0 Å². The van der Waals surface area contributed by atoms with E-state index in [4.69, 9.17) is 0 Å². The van der Waals surface area contributed by atoms with Crippen molar-refractivity contribution in [2.24, 2.45) is 0 Å². The van der Waals surface area contributed by atoms with Gasteiger partial charge in [0.1, 0.15) is 5.75 Å². The Hall–Kier alpha value is -1.55. The van der Waals surface area contributed by atoms with Crippen molar-refractivity contribution in [3.05, 3.63) is 29.3 Å². The summed E-state index contributed by atoms with van der Waals surface area (Å²) < 4.78 is 0. The number of carbonyl (C=O) groups is 1. The molecule has 2 aliphatic rings. The van der Waals surface area contributed by atoms with E-state index >= 15 is 0 Å². The van der Waals surface area contributed by atoms with Gasteiger partial charge in [0.25, 0.3) is 0 Å². The molecule has 0 spiro atoms. The van der Waals surface area contributed by atoms with Gasteiger partial charge in [-0.2, -0.15) is 0 Å². The molecule has 1 aliphatic heterocycles. The maximum atomic E-state index is 11.4. The summed E-state index contributed by atoms with van der Waals surface area (Å²) in [5, 5.41) is 10.0. The molecule has 1 heterocycles. The molecule has 1 aromatic rings. The molecule has 0 saturated carbocycles. The van der Waals surface area contributed by atoms with E-state index in [1.165, 1.54) is 5.56 Å². The van der Waals surface area contributed by atoms with Crippen LogP contribution in [0, 0.1) is 0 Å². The van der Waals surface area contributed by atoms with E-state index < -0.39 is 0 Å². The van der Waals surface area contributed by atoms with Crippen LogP contribution in [0.5, 0.6) is 5.75 Å². The quantitative estimate of drug-likeness (QED) is 0.851. The fourth-order valence-corrected chi connectivity index (χ4v) is 3.53. The molecule has 1 aliphatic carbocycles. The second kappa shape index (κ2) is 5.44. The largest absolute Gasteiger partial charge is 0.508 e. The van der Waals surface area contributed by atoms with Gasteiger partial charge in [-0.1, -0.05) is 12.1 Å². The summed E-state index contributed by atoms with van der Waals surface area (Å²) in [5.41, 5.74) is 2.41. The molecule has 1 N–H and O–H groups in total. The van der Waals surface area contributed by atoms with E-state index in [-0.39, 0.29) is 5.91 Å². The Morgan fingerprint density at radius 1 is 1.25 bits per heavy atom. The van der Waals surface area contributed by atoms with Crippen molar-refractivity contribution in [3.63, 3.8) is 0 Å². The third-order valence-corrected chi connectivity index (χ3v) is 4.65. The molecule has 1 saturated heterocycles. The Morgan fingerprint density at radius 2 is 2.00 bits per heavy atom. The molecule has 4 heteroatoms. The topological polar surface area (TPSA) is 43.8 Å². The highest BCUT2D eigenvalue weighted by atomic mass is 16.3. The molecule has 3 rings (SSSR count). The number of carbonyl (C=O) groups excluding carboxylic acids is 1. The van der Waals surface area contributed by atoms with Gasteiger partial charge in [-0.25, -0.2) is 0 Å². The van der Waals surface area contributed by atoms with E-state index in [0.717, 1.165) is 51.0 Å². The first-order valence-corrected chi connectivity index (χ1v) is 7.47. The van der Waals surface area contributed by atoms with Crippen molar-refractivity contribution < 1.29 is 9.90 Å². The summed E-state index contributed by atoms with van der Waals surface area (Å²) in [5.74, 6) is 0.612. The third kappa shape index (κ3) is 2.40. The van der Waals surface area contributed by atoms with Crippen LogP contribution in [0.3, 0.4) is 0 Å². The van der Waals surface area contributed by atoms with Gasteiger partial charge >= 0.3 is 0 Å². The Bertz CT molecular complexity index is 507. The molecule has 1 aromatic carbocycles. The number of phenols is 1. The summed E-state index contributed by atoms with van der Waals surface area (Å²) in [6.07, 6.45) is 3.25. The maximum Gasteiger partial charge on any atom is 0.219 e. The number of fused-ring (bicyclic) bond motifs is 1. The summed E-state index contributed by atoms with van der Waals surface area (Å²) in [6, 6.07) is 6.28. The molecule has 20 heavy (non-hydrogen) atoms. The van der Waals surface area contributed by atoms with E-state index in [0.29, 0.717) is 11.8 Å². The predicted molar refractivity (Wildman–Crippen MR) is 77.6 cm³/mol. The lowest BCUT2D eigenvalue weighted by Crippen LogP contribution is -2.49. The molecule has 1 fully saturated rings. The maximum absolute atomic E-state index is 11.4. The van der Waals surface area contributed by atoms with Crippen LogP contribution in [0.4, 0.5) is 0 Å². The van der Waals surface area contributed by atoms with Gasteiger partial charge in [0.15, 0.2) is 0 Å². The molecule has 0 aromatic heterocycles. The van der Waals surface area contributed by atoms with Crippen LogP contribution in [0.15, 0.2) is 18.2 Å². The Morgan fingerprint density at radius 3 is 2.70 bits per heavy atom. The number of hydrogen-bond donors (Lipinski definition) is 1. The highest BCUT2D eigenvalue weighted by molar-refractivity contribution is 5.73.